The maximum atomic E-state index is 5.98. The first-order valence-electron chi connectivity index (χ1n) is 5.09. The van der Waals surface area contributed by atoms with Gasteiger partial charge in [-0.15, -0.1) is 0 Å². The van der Waals surface area contributed by atoms with Crippen LogP contribution >= 0.6 is 0 Å². The van der Waals surface area contributed by atoms with Crippen LogP contribution < -0.4 is 11.6 Å². The zero-order valence-corrected chi connectivity index (χ0v) is 8.64. The molecule has 2 aromatic rings. The summed E-state index contributed by atoms with van der Waals surface area (Å²) in [5.74, 6) is 5.46. The summed E-state index contributed by atoms with van der Waals surface area (Å²) in [5.41, 5.74) is 11.7. The van der Waals surface area contributed by atoms with Crippen molar-refractivity contribution in [1.29, 1.82) is 0 Å². The molecule has 0 aromatic heterocycles. The number of hydrogen-bond acceptors (Lipinski definition) is 3. The fourth-order valence-corrected chi connectivity index (χ4v) is 2.25. The minimum atomic E-state index is 0.720. The number of anilines is 1. The van der Waals surface area contributed by atoms with Crippen molar-refractivity contribution in [3.63, 3.8) is 0 Å². The van der Waals surface area contributed by atoms with Crippen molar-refractivity contribution in [2.24, 2.45) is 10.9 Å². The summed E-state index contributed by atoms with van der Waals surface area (Å²) in [5, 5.41) is 3.87. The molecule has 78 valence electrons. The molecule has 0 amide bonds. The smallest absolute Gasteiger partial charge is 0.100 e. The number of nitrogens with two attached hydrogens (primary N) is 2. The predicted octanol–water partition coefficient (Wildman–Crippen LogP) is 1.96. The second-order valence-electron chi connectivity index (χ2n) is 3.79. The Labute approximate surface area is 93.4 Å². The molecule has 0 radical (unpaired) electrons. The fraction of sp³-hybridized carbons (Fsp3) is 0. The maximum Gasteiger partial charge on any atom is 0.100 e. The molecule has 3 heteroatoms. The first-order valence-corrected chi connectivity index (χ1v) is 5.09. The van der Waals surface area contributed by atoms with E-state index in [1.54, 1.807) is 0 Å². The summed E-state index contributed by atoms with van der Waals surface area (Å²) in [6.07, 6.45) is 0. The van der Waals surface area contributed by atoms with Gasteiger partial charge in [-0.25, -0.2) is 0 Å². The number of fused-ring (bicyclic) bond motifs is 3. The van der Waals surface area contributed by atoms with E-state index < -0.39 is 0 Å². The molecule has 1 aliphatic carbocycles. The maximum absolute atomic E-state index is 5.98. The highest BCUT2D eigenvalue weighted by molar-refractivity contribution is 6.26. The zero-order chi connectivity index (χ0) is 11.1. The normalized spacial score (nSPS) is 14.9. The molecule has 0 heterocycles. The van der Waals surface area contributed by atoms with E-state index in [1.807, 2.05) is 36.4 Å². The highest BCUT2D eigenvalue weighted by atomic mass is 15.1. The molecule has 0 unspecified atom stereocenters. The Morgan fingerprint density at radius 2 is 1.50 bits per heavy atom. The van der Waals surface area contributed by atoms with Gasteiger partial charge in [-0.3, -0.25) is 0 Å². The Kier molecular flexibility index (Phi) is 1.74. The van der Waals surface area contributed by atoms with E-state index in [0.717, 1.165) is 33.7 Å². The van der Waals surface area contributed by atoms with Crippen molar-refractivity contribution in [2.75, 3.05) is 5.73 Å². The number of nitrogens with zero attached hydrogens (tertiary/aromatic N) is 1. The van der Waals surface area contributed by atoms with Gasteiger partial charge in [0.1, 0.15) is 5.71 Å². The van der Waals surface area contributed by atoms with Crippen LogP contribution in [0, 0.1) is 0 Å². The van der Waals surface area contributed by atoms with E-state index >= 15 is 0 Å². The topological polar surface area (TPSA) is 64.4 Å². The fourth-order valence-electron chi connectivity index (χ4n) is 2.25. The molecule has 0 atom stereocenters. The zero-order valence-electron chi connectivity index (χ0n) is 8.64. The number of rotatable bonds is 0. The van der Waals surface area contributed by atoms with Gasteiger partial charge in [-0.05, 0) is 17.2 Å². The molecule has 4 N–H and O–H groups in total. The molecule has 2 aromatic carbocycles. The Balaban J connectivity index is 2.44. The molecule has 0 saturated heterocycles. The van der Waals surface area contributed by atoms with E-state index in [0.29, 0.717) is 0 Å². The first kappa shape index (κ1) is 8.97. The van der Waals surface area contributed by atoms with Crippen molar-refractivity contribution in [3.8, 4) is 11.1 Å². The van der Waals surface area contributed by atoms with Crippen LogP contribution in [0.15, 0.2) is 47.6 Å². The Morgan fingerprint density at radius 3 is 2.25 bits per heavy atom. The van der Waals surface area contributed by atoms with Gasteiger partial charge in [0.15, 0.2) is 0 Å². The number of nitrogen functional groups attached to an aromatic ring is 1. The molecular formula is C13H11N3. The Morgan fingerprint density at radius 1 is 0.812 bits per heavy atom. The number of hydrazone groups is 1. The molecule has 3 nitrogen and oxygen atoms in total. The lowest BCUT2D eigenvalue weighted by molar-refractivity contribution is 1.25. The summed E-state index contributed by atoms with van der Waals surface area (Å²) in [6.45, 7) is 0. The van der Waals surface area contributed by atoms with E-state index in [9.17, 15) is 0 Å². The summed E-state index contributed by atoms with van der Waals surface area (Å²) in [6, 6.07) is 13.9. The van der Waals surface area contributed by atoms with Crippen LogP contribution in [0.4, 0.5) is 5.69 Å². The van der Waals surface area contributed by atoms with E-state index in [-0.39, 0.29) is 0 Å². The third-order valence-corrected chi connectivity index (χ3v) is 2.93. The van der Waals surface area contributed by atoms with Crippen LogP contribution in [-0.2, 0) is 0 Å². The van der Waals surface area contributed by atoms with Crippen LogP contribution in [-0.4, -0.2) is 5.71 Å². The first-order chi connectivity index (χ1) is 7.83. The van der Waals surface area contributed by atoms with E-state index in [4.69, 9.17) is 11.6 Å². The highest BCUT2D eigenvalue weighted by Crippen LogP contribution is 2.39. The molecule has 1 aliphatic rings. The molecule has 0 saturated carbocycles. The van der Waals surface area contributed by atoms with Crippen molar-refractivity contribution in [3.05, 3.63) is 53.6 Å². The second kappa shape index (κ2) is 3.10. The van der Waals surface area contributed by atoms with Gasteiger partial charge in [-0.1, -0.05) is 36.4 Å². The summed E-state index contributed by atoms with van der Waals surface area (Å²) >= 11 is 0. The molecule has 3 rings (SSSR count). The van der Waals surface area contributed by atoms with Crippen LogP contribution in [0.25, 0.3) is 11.1 Å². The number of benzene rings is 2. The second-order valence-corrected chi connectivity index (χ2v) is 3.79. The van der Waals surface area contributed by atoms with E-state index in [1.165, 1.54) is 0 Å². The van der Waals surface area contributed by atoms with Gasteiger partial charge in [0.2, 0.25) is 0 Å². The van der Waals surface area contributed by atoms with Gasteiger partial charge in [0.05, 0.1) is 0 Å². The summed E-state index contributed by atoms with van der Waals surface area (Å²) < 4.78 is 0. The molecule has 0 bridgehead atoms. The van der Waals surface area contributed by atoms with Crippen molar-refractivity contribution in [2.45, 2.75) is 0 Å². The van der Waals surface area contributed by atoms with Crippen molar-refractivity contribution in [1.82, 2.24) is 0 Å². The van der Waals surface area contributed by atoms with Crippen molar-refractivity contribution < 1.29 is 0 Å². The Hall–Kier alpha value is -2.29. The summed E-state index contributed by atoms with van der Waals surface area (Å²) in [7, 11) is 0. The summed E-state index contributed by atoms with van der Waals surface area (Å²) in [4.78, 5) is 0. The van der Waals surface area contributed by atoms with Gasteiger partial charge in [0.25, 0.3) is 0 Å². The molecule has 0 spiro atoms. The molecule has 0 aliphatic heterocycles. The third kappa shape index (κ3) is 0.997. The quantitative estimate of drug-likeness (QED) is 0.337. The van der Waals surface area contributed by atoms with E-state index in [2.05, 4.69) is 11.2 Å². The van der Waals surface area contributed by atoms with Crippen LogP contribution in [0.1, 0.15) is 11.1 Å². The van der Waals surface area contributed by atoms with Crippen LogP contribution in [0.2, 0.25) is 0 Å². The predicted molar refractivity (Wildman–Crippen MR) is 66.1 cm³/mol. The lowest BCUT2D eigenvalue weighted by Crippen LogP contribution is -2.05. The minimum absolute atomic E-state index is 0.720. The standard InChI is InChI=1S/C13H11N3/c14-11-7-3-6-9-8-4-1-2-5-10(8)13(16-15)12(9)11/h1-7H,14-15H2. The van der Waals surface area contributed by atoms with Crippen LogP contribution in [0.3, 0.4) is 0 Å². The molecule has 16 heavy (non-hydrogen) atoms. The third-order valence-electron chi connectivity index (χ3n) is 2.93. The monoisotopic (exact) mass is 209 g/mol. The van der Waals surface area contributed by atoms with Gasteiger partial charge < -0.3 is 11.6 Å². The lowest BCUT2D eigenvalue weighted by Gasteiger charge is -2.03. The van der Waals surface area contributed by atoms with Gasteiger partial charge in [-0.2, -0.15) is 5.10 Å². The minimum Gasteiger partial charge on any atom is -0.398 e. The lowest BCUT2D eigenvalue weighted by atomic mass is 10.1. The number of hydrogen-bond donors (Lipinski definition) is 2. The molecular weight excluding hydrogens is 198 g/mol. The average molecular weight is 209 g/mol. The SMILES string of the molecule is NN=C1c2ccccc2-c2cccc(N)c21. The largest absolute Gasteiger partial charge is 0.398 e. The molecule has 0 fully saturated rings. The van der Waals surface area contributed by atoms with Crippen molar-refractivity contribution >= 4 is 11.4 Å². The average Bonchev–Trinajstić information content (AvgIpc) is 2.65. The van der Waals surface area contributed by atoms with Gasteiger partial charge >= 0.3 is 0 Å². The van der Waals surface area contributed by atoms with Crippen LogP contribution in [0.5, 0.6) is 0 Å². The highest BCUT2D eigenvalue weighted by Gasteiger charge is 2.25. The Bertz CT molecular complexity index is 600. The van der Waals surface area contributed by atoms with Gasteiger partial charge in [0, 0.05) is 16.8 Å².